The average Bonchev–Trinajstić information content (AvgIpc) is 2.62. The number of carboxylic acid groups (broad SMARTS) is 1. The number of aromatic nitrogens is 1. The molecule has 0 aliphatic rings. The van der Waals surface area contributed by atoms with Crippen molar-refractivity contribution in [3.63, 3.8) is 0 Å². The Bertz CT molecular complexity index is 769. The van der Waals surface area contributed by atoms with Crippen LogP contribution in [0.25, 0.3) is 0 Å². The molecule has 0 radical (unpaired) electrons. The zero-order valence-corrected chi connectivity index (χ0v) is 15.0. The van der Waals surface area contributed by atoms with Crippen LogP contribution in [0.1, 0.15) is 48.2 Å². The molecule has 1 heterocycles. The zero-order valence-electron chi connectivity index (χ0n) is 15.0. The van der Waals surface area contributed by atoms with Crippen molar-refractivity contribution in [1.29, 1.82) is 0 Å². The fourth-order valence-electron chi connectivity index (χ4n) is 2.48. The second-order valence-electron chi connectivity index (χ2n) is 6.42. The van der Waals surface area contributed by atoms with Crippen molar-refractivity contribution >= 4 is 17.6 Å². The fraction of sp³-hybridized carbons (Fsp3) is 0.300. The predicted octanol–water partition coefficient (Wildman–Crippen LogP) is 3.28. The van der Waals surface area contributed by atoms with Crippen molar-refractivity contribution in [2.45, 2.75) is 33.1 Å². The summed E-state index contributed by atoms with van der Waals surface area (Å²) in [6.45, 7) is 4.31. The minimum absolute atomic E-state index is 0.0578. The molecule has 0 unspecified atom stereocenters. The lowest BCUT2D eigenvalue weighted by molar-refractivity contribution is -0.136. The number of carboxylic acids is 1. The number of nitrogens with zero attached hydrogens (tertiary/aromatic N) is 2. The van der Waals surface area contributed by atoms with E-state index in [1.165, 1.54) is 18.0 Å². The van der Waals surface area contributed by atoms with Crippen LogP contribution in [0.4, 0.5) is 0 Å². The molecule has 6 heteroatoms. The van der Waals surface area contributed by atoms with Gasteiger partial charge in [-0.05, 0) is 35.6 Å². The van der Waals surface area contributed by atoms with Crippen molar-refractivity contribution < 1.29 is 14.7 Å². The molecule has 0 fully saturated rings. The summed E-state index contributed by atoms with van der Waals surface area (Å²) < 4.78 is 0. The van der Waals surface area contributed by atoms with E-state index in [9.17, 15) is 9.59 Å². The Morgan fingerprint density at radius 1 is 1.04 bits per heavy atom. The van der Waals surface area contributed by atoms with Crippen LogP contribution in [0.15, 0.2) is 53.9 Å². The first-order valence-corrected chi connectivity index (χ1v) is 8.53. The molecule has 0 saturated heterocycles. The molecular weight excluding hydrogens is 330 g/mol. The Kier molecular flexibility index (Phi) is 7.02. The summed E-state index contributed by atoms with van der Waals surface area (Å²) in [7, 11) is 0. The van der Waals surface area contributed by atoms with Gasteiger partial charge in [0.15, 0.2) is 0 Å². The van der Waals surface area contributed by atoms with Crippen LogP contribution >= 0.6 is 0 Å². The molecule has 136 valence electrons. The van der Waals surface area contributed by atoms with Crippen LogP contribution in [-0.4, -0.2) is 27.7 Å². The van der Waals surface area contributed by atoms with Gasteiger partial charge in [-0.15, -0.1) is 0 Å². The number of hydrogen-bond acceptors (Lipinski definition) is 4. The van der Waals surface area contributed by atoms with Gasteiger partial charge in [-0.1, -0.05) is 38.1 Å². The Morgan fingerprint density at radius 2 is 1.69 bits per heavy atom. The average molecular weight is 353 g/mol. The minimum Gasteiger partial charge on any atom is -0.481 e. The fourth-order valence-corrected chi connectivity index (χ4v) is 2.48. The maximum Gasteiger partial charge on any atom is 0.303 e. The highest BCUT2D eigenvalue weighted by Crippen LogP contribution is 2.13. The number of aliphatic carboxylic acids is 1. The summed E-state index contributed by atoms with van der Waals surface area (Å²) >= 11 is 0. The summed E-state index contributed by atoms with van der Waals surface area (Å²) in [5.74, 6) is -0.716. The lowest BCUT2D eigenvalue weighted by Crippen LogP contribution is -2.20. The largest absolute Gasteiger partial charge is 0.481 e. The summed E-state index contributed by atoms with van der Waals surface area (Å²) in [4.78, 5) is 26.9. The second kappa shape index (κ2) is 9.46. The first-order valence-electron chi connectivity index (χ1n) is 8.53. The lowest BCUT2D eigenvalue weighted by atomic mass is 9.99. The number of carbonyl (C=O) groups is 2. The van der Waals surface area contributed by atoms with Gasteiger partial charge in [0.25, 0.3) is 5.91 Å². The normalized spacial score (nSPS) is 11.4. The van der Waals surface area contributed by atoms with E-state index in [2.05, 4.69) is 29.4 Å². The van der Waals surface area contributed by atoms with Crippen LogP contribution in [0.3, 0.4) is 0 Å². The number of rotatable bonds is 8. The molecular formula is C20H23N3O3. The molecule has 1 aromatic carbocycles. The van der Waals surface area contributed by atoms with Crippen LogP contribution in [0, 0.1) is 5.92 Å². The quantitative estimate of drug-likeness (QED) is 0.563. The number of hydrazone groups is 1. The molecule has 0 spiro atoms. The molecule has 26 heavy (non-hydrogen) atoms. The molecule has 2 aromatic rings. The van der Waals surface area contributed by atoms with E-state index in [1.54, 1.807) is 12.1 Å². The monoisotopic (exact) mass is 353 g/mol. The van der Waals surface area contributed by atoms with Crippen molar-refractivity contribution in [2.75, 3.05) is 0 Å². The molecule has 0 aliphatic carbocycles. The third kappa shape index (κ3) is 6.12. The van der Waals surface area contributed by atoms with Gasteiger partial charge in [-0.2, -0.15) is 5.10 Å². The number of carbonyl (C=O) groups excluding carboxylic acids is 1. The zero-order chi connectivity index (χ0) is 18.9. The van der Waals surface area contributed by atoms with Crippen LogP contribution < -0.4 is 5.43 Å². The van der Waals surface area contributed by atoms with Crippen LogP contribution in [0.5, 0.6) is 0 Å². The van der Waals surface area contributed by atoms with Gasteiger partial charge in [0, 0.05) is 24.4 Å². The minimum atomic E-state index is -0.908. The van der Waals surface area contributed by atoms with E-state index in [0.29, 0.717) is 17.2 Å². The van der Waals surface area contributed by atoms with Crippen LogP contribution in [-0.2, 0) is 11.2 Å². The topological polar surface area (TPSA) is 91.6 Å². The van der Waals surface area contributed by atoms with E-state index in [0.717, 1.165) is 12.0 Å². The molecule has 2 N–H and O–H groups in total. The van der Waals surface area contributed by atoms with E-state index in [4.69, 9.17) is 5.11 Å². The van der Waals surface area contributed by atoms with Crippen LogP contribution in [0.2, 0.25) is 0 Å². The molecule has 0 bridgehead atoms. The Labute approximate surface area is 153 Å². The van der Waals surface area contributed by atoms with Gasteiger partial charge < -0.3 is 5.11 Å². The maximum absolute atomic E-state index is 12.1. The van der Waals surface area contributed by atoms with E-state index >= 15 is 0 Å². The number of benzene rings is 1. The van der Waals surface area contributed by atoms with Gasteiger partial charge >= 0.3 is 5.97 Å². The maximum atomic E-state index is 12.1. The number of pyridine rings is 1. The highest BCUT2D eigenvalue weighted by molar-refractivity contribution is 6.03. The highest BCUT2D eigenvalue weighted by Gasteiger charge is 2.10. The van der Waals surface area contributed by atoms with Gasteiger partial charge in [-0.25, -0.2) is 5.43 Å². The number of hydrogen-bond donors (Lipinski definition) is 2. The highest BCUT2D eigenvalue weighted by atomic mass is 16.4. The molecule has 1 amide bonds. The summed E-state index contributed by atoms with van der Waals surface area (Å²) in [6, 6.07) is 11.0. The number of amides is 1. The first-order chi connectivity index (χ1) is 12.5. The molecule has 0 atom stereocenters. The van der Waals surface area contributed by atoms with Gasteiger partial charge in [-0.3, -0.25) is 14.6 Å². The van der Waals surface area contributed by atoms with Gasteiger partial charge in [0.05, 0.1) is 12.1 Å². The third-order valence-electron chi connectivity index (χ3n) is 3.74. The number of nitrogens with one attached hydrogen (secondary N) is 1. The second-order valence-corrected chi connectivity index (χ2v) is 6.42. The SMILES string of the molecule is CC(C)Cc1ccc(/C(CCC(=O)O)=N/NC(=O)c2ccncc2)cc1. The van der Waals surface area contributed by atoms with Gasteiger partial charge in [0.1, 0.15) is 0 Å². The van der Waals surface area contributed by atoms with E-state index in [-0.39, 0.29) is 18.7 Å². The summed E-state index contributed by atoms with van der Waals surface area (Å²) in [6.07, 6.45) is 4.20. The molecule has 2 rings (SSSR count). The van der Waals surface area contributed by atoms with Crippen molar-refractivity contribution in [3.8, 4) is 0 Å². The smallest absolute Gasteiger partial charge is 0.303 e. The lowest BCUT2D eigenvalue weighted by Gasteiger charge is -2.09. The third-order valence-corrected chi connectivity index (χ3v) is 3.74. The van der Waals surface area contributed by atoms with Crippen molar-refractivity contribution in [1.82, 2.24) is 10.4 Å². The molecule has 0 saturated carbocycles. The van der Waals surface area contributed by atoms with Crippen molar-refractivity contribution in [2.24, 2.45) is 11.0 Å². The molecule has 6 nitrogen and oxygen atoms in total. The Balaban J connectivity index is 2.16. The van der Waals surface area contributed by atoms with Gasteiger partial charge in [0.2, 0.25) is 0 Å². The Hall–Kier alpha value is -3.02. The molecule has 0 aliphatic heterocycles. The van der Waals surface area contributed by atoms with E-state index < -0.39 is 5.97 Å². The summed E-state index contributed by atoms with van der Waals surface area (Å²) in [5, 5.41) is 13.1. The Morgan fingerprint density at radius 3 is 2.27 bits per heavy atom. The van der Waals surface area contributed by atoms with E-state index in [1.807, 2.05) is 24.3 Å². The predicted molar refractivity (Wildman–Crippen MR) is 100 cm³/mol. The first kappa shape index (κ1) is 19.3. The van der Waals surface area contributed by atoms with Crippen molar-refractivity contribution in [3.05, 3.63) is 65.5 Å². The summed E-state index contributed by atoms with van der Waals surface area (Å²) in [5.41, 5.74) is 5.48. The molecule has 1 aromatic heterocycles. The standard InChI is InChI=1S/C20H23N3O3/c1-14(2)13-15-3-5-16(6-4-15)18(7-8-19(24)25)22-23-20(26)17-9-11-21-12-10-17/h3-6,9-12,14H,7-8,13H2,1-2H3,(H,23,26)(H,24,25)/b22-18+.